The van der Waals surface area contributed by atoms with Crippen LogP contribution in [-0.2, 0) is 4.79 Å². The maximum atomic E-state index is 10.4. The Balaban J connectivity index is 3.11. The van der Waals surface area contributed by atoms with E-state index < -0.39 is 0 Å². The average molecular weight is 131 g/mol. The van der Waals surface area contributed by atoms with Crippen molar-refractivity contribution in [3.05, 3.63) is 12.0 Å². The van der Waals surface area contributed by atoms with Crippen LogP contribution < -0.4 is 4.72 Å². The van der Waals surface area contributed by atoms with E-state index >= 15 is 0 Å². The number of nitrogens with one attached hydrogen (secondary N) is 1. The Bertz CT molecular complexity index is 92.4. The van der Waals surface area contributed by atoms with E-state index in [1.165, 1.54) is 11.9 Å². The van der Waals surface area contributed by atoms with Crippen molar-refractivity contribution in [3.8, 4) is 0 Å². The largest absolute Gasteiger partial charge is 0.297 e. The SMILES string of the molecule is C=CSNC(=O)CC. The molecule has 0 aromatic carbocycles. The van der Waals surface area contributed by atoms with E-state index in [4.69, 9.17) is 0 Å². The lowest BCUT2D eigenvalue weighted by Gasteiger charge is -1.93. The molecule has 0 radical (unpaired) electrons. The molecule has 46 valence electrons. The molecule has 8 heavy (non-hydrogen) atoms. The molecule has 0 spiro atoms. The summed E-state index contributed by atoms with van der Waals surface area (Å²) >= 11 is 1.21. The third-order valence-corrected chi connectivity index (χ3v) is 1.09. The first-order valence-corrected chi connectivity index (χ1v) is 3.24. The zero-order valence-electron chi connectivity index (χ0n) is 4.81. The molecule has 0 aliphatic carbocycles. The average Bonchev–Trinajstić information content (AvgIpc) is 1.83. The zero-order chi connectivity index (χ0) is 6.41. The minimum atomic E-state index is 0.0369. The topological polar surface area (TPSA) is 29.1 Å². The summed E-state index contributed by atoms with van der Waals surface area (Å²) in [6.07, 6.45) is 0.529. The molecule has 0 saturated heterocycles. The van der Waals surface area contributed by atoms with Crippen LogP contribution in [0, 0.1) is 0 Å². The van der Waals surface area contributed by atoms with Crippen molar-refractivity contribution in [2.24, 2.45) is 0 Å². The van der Waals surface area contributed by atoms with Crippen LogP contribution in [-0.4, -0.2) is 5.91 Å². The number of rotatable bonds is 3. The number of amides is 1. The molecule has 2 nitrogen and oxygen atoms in total. The highest BCUT2D eigenvalue weighted by Gasteiger charge is 1.90. The Morgan fingerprint density at radius 2 is 2.62 bits per heavy atom. The second kappa shape index (κ2) is 4.71. The highest BCUT2D eigenvalue weighted by atomic mass is 32.2. The summed E-state index contributed by atoms with van der Waals surface area (Å²) in [6.45, 7) is 5.22. The molecule has 1 amide bonds. The molecule has 0 unspecified atom stereocenters. The first-order valence-electron chi connectivity index (χ1n) is 2.36. The van der Waals surface area contributed by atoms with Crippen LogP contribution in [0.4, 0.5) is 0 Å². The summed E-state index contributed by atoms with van der Waals surface area (Å²) in [4.78, 5) is 10.4. The van der Waals surface area contributed by atoms with Gasteiger partial charge < -0.3 is 0 Å². The van der Waals surface area contributed by atoms with Gasteiger partial charge in [-0.2, -0.15) is 0 Å². The first-order chi connectivity index (χ1) is 3.81. The van der Waals surface area contributed by atoms with Crippen LogP contribution in [0.3, 0.4) is 0 Å². The van der Waals surface area contributed by atoms with E-state index in [0.29, 0.717) is 6.42 Å². The second-order valence-electron chi connectivity index (χ2n) is 1.16. The predicted octanol–water partition coefficient (Wildman–Crippen LogP) is 1.30. The summed E-state index contributed by atoms with van der Waals surface area (Å²) in [5, 5.41) is 1.58. The van der Waals surface area contributed by atoms with Gasteiger partial charge in [-0.1, -0.05) is 13.5 Å². The molecule has 0 atom stereocenters. The van der Waals surface area contributed by atoms with Crippen molar-refractivity contribution in [2.75, 3.05) is 0 Å². The minimum Gasteiger partial charge on any atom is -0.297 e. The highest BCUT2D eigenvalue weighted by molar-refractivity contribution is 8.00. The fourth-order valence-electron chi connectivity index (χ4n) is 0.180. The Morgan fingerprint density at radius 1 is 2.00 bits per heavy atom. The van der Waals surface area contributed by atoms with Gasteiger partial charge in [0.25, 0.3) is 0 Å². The zero-order valence-corrected chi connectivity index (χ0v) is 5.62. The Labute approximate surface area is 53.5 Å². The predicted molar refractivity (Wildman–Crippen MR) is 36.2 cm³/mol. The van der Waals surface area contributed by atoms with Gasteiger partial charge in [-0.05, 0) is 17.4 Å². The van der Waals surface area contributed by atoms with Crippen LogP contribution in [0.2, 0.25) is 0 Å². The van der Waals surface area contributed by atoms with Gasteiger partial charge in [0.2, 0.25) is 5.91 Å². The van der Waals surface area contributed by atoms with Gasteiger partial charge in [0.05, 0.1) is 0 Å². The van der Waals surface area contributed by atoms with E-state index in [0.717, 1.165) is 0 Å². The van der Waals surface area contributed by atoms with Crippen LogP contribution in [0.1, 0.15) is 13.3 Å². The maximum Gasteiger partial charge on any atom is 0.229 e. The Morgan fingerprint density at radius 3 is 3.00 bits per heavy atom. The van der Waals surface area contributed by atoms with E-state index in [1.54, 1.807) is 12.3 Å². The van der Waals surface area contributed by atoms with Gasteiger partial charge in [-0.3, -0.25) is 9.52 Å². The monoisotopic (exact) mass is 131 g/mol. The smallest absolute Gasteiger partial charge is 0.229 e. The van der Waals surface area contributed by atoms with Gasteiger partial charge in [0.15, 0.2) is 0 Å². The fourth-order valence-corrected chi connectivity index (χ4v) is 0.539. The molecular weight excluding hydrogens is 122 g/mol. The van der Waals surface area contributed by atoms with E-state index in [2.05, 4.69) is 11.3 Å². The normalized spacial score (nSPS) is 8.12. The molecule has 3 heteroatoms. The molecule has 0 aromatic heterocycles. The highest BCUT2D eigenvalue weighted by Crippen LogP contribution is 1.91. The lowest BCUT2D eigenvalue weighted by Crippen LogP contribution is -2.12. The standard InChI is InChI=1S/C5H9NOS/c1-3-5(7)6-8-4-2/h4H,2-3H2,1H3,(H,6,7). The lowest BCUT2D eigenvalue weighted by molar-refractivity contribution is -0.118. The van der Waals surface area contributed by atoms with E-state index in [1.807, 2.05) is 0 Å². The van der Waals surface area contributed by atoms with Gasteiger partial charge in [0, 0.05) is 6.42 Å². The quantitative estimate of drug-likeness (QED) is 0.585. The summed E-state index contributed by atoms with van der Waals surface area (Å²) in [5.74, 6) is 0.0369. The Kier molecular flexibility index (Phi) is 4.45. The van der Waals surface area contributed by atoms with Crippen molar-refractivity contribution < 1.29 is 4.79 Å². The summed E-state index contributed by atoms with van der Waals surface area (Å²) < 4.78 is 2.54. The minimum absolute atomic E-state index is 0.0369. The molecule has 0 saturated carbocycles. The lowest BCUT2D eigenvalue weighted by atomic mass is 10.5. The summed E-state index contributed by atoms with van der Waals surface area (Å²) in [6, 6.07) is 0. The van der Waals surface area contributed by atoms with E-state index in [9.17, 15) is 4.79 Å². The number of carbonyl (C=O) groups excluding carboxylic acids is 1. The van der Waals surface area contributed by atoms with Crippen molar-refractivity contribution in [1.29, 1.82) is 0 Å². The van der Waals surface area contributed by atoms with Crippen LogP contribution in [0.15, 0.2) is 12.0 Å². The molecule has 0 fully saturated rings. The van der Waals surface area contributed by atoms with Crippen molar-refractivity contribution in [3.63, 3.8) is 0 Å². The van der Waals surface area contributed by atoms with Crippen LogP contribution in [0.5, 0.6) is 0 Å². The third kappa shape index (κ3) is 3.74. The van der Waals surface area contributed by atoms with Gasteiger partial charge in [-0.15, -0.1) is 0 Å². The first kappa shape index (κ1) is 7.56. The molecule has 0 rings (SSSR count). The van der Waals surface area contributed by atoms with Gasteiger partial charge in [0.1, 0.15) is 0 Å². The number of carbonyl (C=O) groups is 1. The second-order valence-corrected chi connectivity index (χ2v) is 1.94. The van der Waals surface area contributed by atoms with E-state index in [-0.39, 0.29) is 5.91 Å². The molecule has 1 N–H and O–H groups in total. The number of hydrogen-bond donors (Lipinski definition) is 1. The fraction of sp³-hybridized carbons (Fsp3) is 0.400. The molecule has 0 heterocycles. The molecule has 0 bridgehead atoms. The van der Waals surface area contributed by atoms with Crippen LogP contribution in [0.25, 0.3) is 0 Å². The van der Waals surface area contributed by atoms with Gasteiger partial charge >= 0.3 is 0 Å². The number of hydrogen-bond acceptors (Lipinski definition) is 2. The van der Waals surface area contributed by atoms with Crippen molar-refractivity contribution in [1.82, 2.24) is 4.72 Å². The maximum absolute atomic E-state index is 10.4. The van der Waals surface area contributed by atoms with Gasteiger partial charge in [-0.25, -0.2) is 0 Å². The molecule has 0 aromatic rings. The molecular formula is C5H9NOS. The molecule has 0 aliphatic heterocycles. The Hall–Kier alpha value is -0.440. The van der Waals surface area contributed by atoms with Crippen molar-refractivity contribution in [2.45, 2.75) is 13.3 Å². The van der Waals surface area contributed by atoms with Crippen molar-refractivity contribution >= 4 is 17.9 Å². The molecule has 0 aliphatic rings. The summed E-state index contributed by atoms with van der Waals surface area (Å²) in [5.41, 5.74) is 0. The summed E-state index contributed by atoms with van der Waals surface area (Å²) in [7, 11) is 0. The third-order valence-electron chi connectivity index (χ3n) is 0.577. The van der Waals surface area contributed by atoms with Crippen LogP contribution >= 0.6 is 11.9 Å².